The van der Waals surface area contributed by atoms with Gasteiger partial charge in [-0.3, -0.25) is 4.79 Å². The van der Waals surface area contributed by atoms with Crippen LogP contribution in [0.15, 0.2) is 18.2 Å². The third-order valence-corrected chi connectivity index (χ3v) is 2.93. The fourth-order valence-corrected chi connectivity index (χ4v) is 2.19. The van der Waals surface area contributed by atoms with Gasteiger partial charge in [-0.15, -0.1) is 0 Å². The molecule has 0 aliphatic carbocycles. The normalized spacial score (nSPS) is 10.7. The SMILES string of the molecule is CCCC(=O)N(c1c(C)cccc1C)C(C)C. The summed E-state index contributed by atoms with van der Waals surface area (Å²) in [6, 6.07) is 6.37. The molecule has 0 unspecified atom stereocenters. The highest BCUT2D eigenvalue weighted by Gasteiger charge is 2.21. The number of nitrogens with zero attached hydrogens (tertiary/aromatic N) is 1. The number of amides is 1. The van der Waals surface area contributed by atoms with Crippen molar-refractivity contribution in [1.29, 1.82) is 0 Å². The Balaban J connectivity index is 3.19. The van der Waals surface area contributed by atoms with Crippen LogP contribution in [0, 0.1) is 13.8 Å². The molecule has 1 aromatic rings. The van der Waals surface area contributed by atoms with E-state index >= 15 is 0 Å². The van der Waals surface area contributed by atoms with Crippen molar-refractivity contribution in [2.75, 3.05) is 4.90 Å². The minimum absolute atomic E-state index is 0.203. The fraction of sp³-hybridized carbons (Fsp3) is 0.533. The Kier molecular flexibility index (Phi) is 4.73. The first-order valence-corrected chi connectivity index (χ1v) is 6.37. The first-order valence-electron chi connectivity index (χ1n) is 6.37. The van der Waals surface area contributed by atoms with Crippen LogP contribution in [0.4, 0.5) is 5.69 Å². The lowest BCUT2D eigenvalue weighted by molar-refractivity contribution is -0.119. The molecule has 0 saturated heterocycles. The molecule has 94 valence electrons. The predicted octanol–water partition coefficient (Wildman–Crippen LogP) is 3.84. The van der Waals surface area contributed by atoms with E-state index in [0.717, 1.165) is 12.1 Å². The van der Waals surface area contributed by atoms with Gasteiger partial charge in [-0.2, -0.15) is 0 Å². The summed E-state index contributed by atoms with van der Waals surface area (Å²) in [5, 5.41) is 0. The summed E-state index contributed by atoms with van der Waals surface area (Å²) in [7, 11) is 0. The van der Waals surface area contributed by atoms with Gasteiger partial charge in [0.15, 0.2) is 0 Å². The number of carbonyl (C=O) groups is 1. The highest BCUT2D eigenvalue weighted by atomic mass is 16.2. The molecule has 17 heavy (non-hydrogen) atoms. The van der Waals surface area contributed by atoms with Crippen molar-refractivity contribution in [3.05, 3.63) is 29.3 Å². The van der Waals surface area contributed by atoms with Gasteiger partial charge in [-0.25, -0.2) is 0 Å². The van der Waals surface area contributed by atoms with Crippen LogP contribution in [0.25, 0.3) is 0 Å². The van der Waals surface area contributed by atoms with Gasteiger partial charge in [0.05, 0.1) is 0 Å². The van der Waals surface area contributed by atoms with E-state index in [4.69, 9.17) is 0 Å². The lowest BCUT2D eigenvalue weighted by atomic mass is 10.1. The molecule has 0 radical (unpaired) electrons. The van der Waals surface area contributed by atoms with Crippen LogP contribution in [0.3, 0.4) is 0 Å². The van der Waals surface area contributed by atoms with Gasteiger partial charge in [0, 0.05) is 18.2 Å². The van der Waals surface area contributed by atoms with E-state index in [1.165, 1.54) is 11.1 Å². The molecule has 0 atom stereocenters. The maximum absolute atomic E-state index is 12.2. The summed E-state index contributed by atoms with van der Waals surface area (Å²) in [4.78, 5) is 14.2. The Hall–Kier alpha value is -1.31. The second kappa shape index (κ2) is 5.85. The van der Waals surface area contributed by atoms with Crippen molar-refractivity contribution in [2.45, 2.75) is 53.5 Å². The van der Waals surface area contributed by atoms with E-state index in [1.54, 1.807) is 0 Å². The topological polar surface area (TPSA) is 20.3 Å². The second-order valence-corrected chi connectivity index (χ2v) is 4.85. The van der Waals surface area contributed by atoms with Gasteiger partial charge >= 0.3 is 0 Å². The zero-order valence-corrected chi connectivity index (χ0v) is 11.6. The lowest BCUT2D eigenvalue weighted by Gasteiger charge is -2.30. The highest BCUT2D eigenvalue weighted by molar-refractivity contribution is 5.95. The van der Waals surface area contributed by atoms with E-state index in [9.17, 15) is 4.79 Å². The minimum Gasteiger partial charge on any atom is -0.309 e. The van der Waals surface area contributed by atoms with Crippen LogP contribution in [-0.2, 0) is 4.79 Å². The number of para-hydroxylation sites is 1. The number of anilines is 1. The van der Waals surface area contributed by atoms with Gasteiger partial charge in [0.25, 0.3) is 0 Å². The number of hydrogen-bond acceptors (Lipinski definition) is 1. The molecule has 0 heterocycles. The summed E-state index contributed by atoms with van der Waals surface area (Å²) in [6.07, 6.45) is 1.51. The molecule has 0 spiro atoms. The molecule has 1 amide bonds. The van der Waals surface area contributed by atoms with E-state index in [0.29, 0.717) is 6.42 Å². The van der Waals surface area contributed by atoms with E-state index in [1.807, 2.05) is 17.9 Å². The van der Waals surface area contributed by atoms with Gasteiger partial charge in [-0.1, -0.05) is 25.1 Å². The molecule has 0 aliphatic heterocycles. The number of benzene rings is 1. The van der Waals surface area contributed by atoms with Crippen LogP contribution in [0.1, 0.15) is 44.7 Å². The van der Waals surface area contributed by atoms with Crippen molar-refractivity contribution < 1.29 is 4.79 Å². The third kappa shape index (κ3) is 3.09. The van der Waals surface area contributed by atoms with Crippen molar-refractivity contribution in [3.8, 4) is 0 Å². The monoisotopic (exact) mass is 233 g/mol. The molecule has 2 nitrogen and oxygen atoms in total. The Labute approximate surface area is 105 Å². The largest absolute Gasteiger partial charge is 0.309 e. The van der Waals surface area contributed by atoms with Crippen molar-refractivity contribution in [1.82, 2.24) is 0 Å². The fourth-order valence-electron chi connectivity index (χ4n) is 2.19. The second-order valence-electron chi connectivity index (χ2n) is 4.85. The molecule has 1 rings (SSSR count). The van der Waals surface area contributed by atoms with Gasteiger partial charge in [0.2, 0.25) is 5.91 Å². The van der Waals surface area contributed by atoms with E-state index < -0.39 is 0 Å². The maximum Gasteiger partial charge on any atom is 0.227 e. The summed E-state index contributed by atoms with van der Waals surface area (Å²) in [5.74, 6) is 0.222. The first kappa shape index (κ1) is 13.8. The van der Waals surface area contributed by atoms with Crippen LogP contribution >= 0.6 is 0 Å². The van der Waals surface area contributed by atoms with Crippen LogP contribution < -0.4 is 4.90 Å². The van der Waals surface area contributed by atoms with Gasteiger partial charge in [0.1, 0.15) is 0 Å². The summed E-state index contributed by atoms with van der Waals surface area (Å²) >= 11 is 0. The van der Waals surface area contributed by atoms with E-state index in [-0.39, 0.29) is 11.9 Å². The number of carbonyl (C=O) groups excluding carboxylic acids is 1. The van der Waals surface area contributed by atoms with Crippen LogP contribution in [0.5, 0.6) is 0 Å². The zero-order valence-electron chi connectivity index (χ0n) is 11.6. The number of hydrogen-bond donors (Lipinski definition) is 0. The quantitative estimate of drug-likeness (QED) is 0.773. The minimum atomic E-state index is 0.203. The van der Waals surface area contributed by atoms with Crippen molar-refractivity contribution in [2.24, 2.45) is 0 Å². The average Bonchev–Trinajstić information content (AvgIpc) is 2.23. The Bertz CT molecular complexity index is 376. The predicted molar refractivity (Wildman–Crippen MR) is 73.4 cm³/mol. The zero-order chi connectivity index (χ0) is 13.0. The third-order valence-electron chi connectivity index (χ3n) is 2.93. The maximum atomic E-state index is 12.2. The van der Waals surface area contributed by atoms with Crippen molar-refractivity contribution >= 4 is 11.6 Å². The molecular weight excluding hydrogens is 210 g/mol. The summed E-state index contributed by atoms with van der Waals surface area (Å²) in [5.41, 5.74) is 3.42. The highest BCUT2D eigenvalue weighted by Crippen LogP contribution is 2.27. The summed E-state index contributed by atoms with van der Waals surface area (Å²) in [6.45, 7) is 10.3. The molecule has 2 heteroatoms. The average molecular weight is 233 g/mol. The molecular formula is C15H23NO. The van der Waals surface area contributed by atoms with Gasteiger partial charge in [-0.05, 0) is 45.2 Å². The number of rotatable bonds is 4. The molecule has 0 aliphatic rings. The van der Waals surface area contributed by atoms with E-state index in [2.05, 4.69) is 39.8 Å². The smallest absolute Gasteiger partial charge is 0.227 e. The Morgan fingerprint density at radius 2 is 1.76 bits per heavy atom. The standard InChI is InChI=1S/C15H23NO/c1-6-8-14(17)16(11(2)3)15-12(4)9-7-10-13(15)5/h7,9-11H,6,8H2,1-5H3. The molecule has 0 bridgehead atoms. The molecule has 0 fully saturated rings. The summed E-state index contributed by atoms with van der Waals surface area (Å²) < 4.78 is 0. The molecule has 0 aromatic heterocycles. The molecule has 0 N–H and O–H groups in total. The van der Waals surface area contributed by atoms with Crippen molar-refractivity contribution in [3.63, 3.8) is 0 Å². The lowest BCUT2D eigenvalue weighted by Crippen LogP contribution is -2.37. The van der Waals surface area contributed by atoms with Gasteiger partial charge < -0.3 is 4.90 Å². The van der Waals surface area contributed by atoms with Crippen LogP contribution in [-0.4, -0.2) is 11.9 Å². The Morgan fingerprint density at radius 3 is 2.18 bits per heavy atom. The van der Waals surface area contributed by atoms with Crippen LogP contribution in [0.2, 0.25) is 0 Å². The Morgan fingerprint density at radius 1 is 1.24 bits per heavy atom. The molecule has 1 aromatic carbocycles. The number of aryl methyl sites for hydroxylation is 2. The molecule has 0 saturated carbocycles. The first-order chi connectivity index (χ1) is 7.99.